The lowest BCUT2D eigenvalue weighted by Crippen LogP contribution is -1.95. The summed E-state index contributed by atoms with van der Waals surface area (Å²) in [6, 6.07) is 6.17. The summed E-state index contributed by atoms with van der Waals surface area (Å²) in [6.07, 6.45) is 4.59. The lowest BCUT2D eigenvalue weighted by Gasteiger charge is -2.08. The molecule has 0 aliphatic heterocycles. The van der Waals surface area contributed by atoms with Gasteiger partial charge in [-0.3, -0.25) is 4.98 Å². The van der Waals surface area contributed by atoms with Crippen LogP contribution in [0.1, 0.15) is 27.5 Å². The summed E-state index contributed by atoms with van der Waals surface area (Å²) in [7, 11) is 0. The van der Waals surface area contributed by atoms with Gasteiger partial charge in [0.25, 0.3) is 0 Å². The molecule has 2 nitrogen and oxygen atoms in total. The van der Waals surface area contributed by atoms with Crippen molar-refractivity contribution < 1.29 is 4.42 Å². The van der Waals surface area contributed by atoms with E-state index >= 15 is 0 Å². The molecule has 2 aromatic rings. The van der Waals surface area contributed by atoms with Crippen LogP contribution in [0.5, 0.6) is 0 Å². The van der Waals surface area contributed by atoms with E-state index in [2.05, 4.69) is 27.0 Å². The van der Waals surface area contributed by atoms with Crippen molar-refractivity contribution in [2.24, 2.45) is 0 Å². The van der Waals surface area contributed by atoms with Crippen LogP contribution in [0.25, 0.3) is 0 Å². The SMILES string of the molecule is Cc1cc(C(Br)Cc2ccncc2)c(C)o1. The molecule has 0 bridgehead atoms. The van der Waals surface area contributed by atoms with Crippen LogP contribution in [0.4, 0.5) is 0 Å². The maximum atomic E-state index is 5.53. The fourth-order valence-electron chi connectivity index (χ4n) is 1.80. The van der Waals surface area contributed by atoms with Crippen LogP contribution in [-0.4, -0.2) is 4.98 Å². The molecule has 84 valence electrons. The maximum absolute atomic E-state index is 5.53. The van der Waals surface area contributed by atoms with Crippen LogP contribution in [0, 0.1) is 13.8 Å². The molecule has 0 spiro atoms. The van der Waals surface area contributed by atoms with Crippen molar-refractivity contribution in [1.29, 1.82) is 0 Å². The van der Waals surface area contributed by atoms with E-state index < -0.39 is 0 Å². The van der Waals surface area contributed by atoms with Gasteiger partial charge in [0.2, 0.25) is 0 Å². The molecule has 1 atom stereocenters. The van der Waals surface area contributed by atoms with E-state index in [4.69, 9.17) is 4.42 Å². The van der Waals surface area contributed by atoms with E-state index in [9.17, 15) is 0 Å². The van der Waals surface area contributed by atoms with Crippen LogP contribution in [0.2, 0.25) is 0 Å². The highest BCUT2D eigenvalue weighted by Crippen LogP contribution is 2.31. The Hall–Kier alpha value is -1.09. The topological polar surface area (TPSA) is 26.0 Å². The van der Waals surface area contributed by atoms with Gasteiger partial charge in [-0.1, -0.05) is 15.9 Å². The third-order valence-electron chi connectivity index (χ3n) is 2.58. The summed E-state index contributed by atoms with van der Waals surface area (Å²) in [5, 5.41) is 0. The van der Waals surface area contributed by atoms with Crippen LogP contribution in [0.15, 0.2) is 35.0 Å². The monoisotopic (exact) mass is 279 g/mol. The Labute approximate surface area is 104 Å². The molecular weight excluding hydrogens is 266 g/mol. The Morgan fingerprint density at radius 2 is 2.00 bits per heavy atom. The van der Waals surface area contributed by atoms with E-state index in [-0.39, 0.29) is 0 Å². The predicted octanol–water partition coefficient (Wildman–Crippen LogP) is 3.97. The molecule has 0 aliphatic carbocycles. The van der Waals surface area contributed by atoms with Gasteiger partial charge in [0.15, 0.2) is 0 Å². The number of furan rings is 1. The highest BCUT2D eigenvalue weighted by atomic mass is 79.9. The molecule has 3 heteroatoms. The number of rotatable bonds is 3. The van der Waals surface area contributed by atoms with Crippen molar-refractivity contribution in [3.05, 3.63) is 53.2 Å². The second-order valence-electron chi connectivity index (χ2n) is 3.90. The first kappa shape index (κ1) is 11.4. The Kier molecular flexibility index (Phi) is 3.44. The summed E-state index contributed by atoms with van der Waals surface area (Å²) in [5.41, 5.74) is 2.50. The molecular formula is C13H14BrNO. The lowest BCUT2D eigenvalue weighted by molar-refractivity contribution is 0.501. The molecule has 0 amide bonds. The van der Waals surface area contributed by atoms with Gasteiger partial charge in [-0.2, -0.15) is 0 Å². The van der Waals surface area contributed by atoms with Gasteiger partial charge in [-0.05, 0) is 44.0 Å². The molecule has 2 rings (SSSR count). The first-order valence-corrected chi connectivity index (χ1v) is 6.18. The first-order chi connectivity index (χ1) is 7.66. The van der Waals surface area contributed by atoms with Crippen molar-refractivity contribution >= 4 is 15.9 Å². The second kappa shape index (κ2) is 4.83. The Morgan fingerprint density at radius 1 is 1.31 bits per heavy atom. The minimum absolute atomic E-state index is 0.298. The smallest absolute Gasteiger partial charge is 0.105 e. The van der Waals surface area contributed by atoms with E-state index in [1.54, 1.807) is 0 Å². The molecule has 2 heterocycles. The lowest BCUT2D eigenvalue weighted by atomic mass is 10.1. The Bertz CT molecular complexity index is 464. The number of nitrogens with zero attached hydrogens (tertiary/aromatic N) is 1. The van der Waals surface area contributed by atoms with Crippen molar-refractivity contribution in [3.8, 4) is 0 Å². The Balaban J connectivity index is 2.14. The molecule has 0 aromatic carbocycles. The molecule has 0 fully saturated rings. The molecule has 2 aromatic heterocycles. The molecule has 0 saturated carbocycles. The zero-order valence-electron chi connectivity index (χ0n) is 9.40. The standard InChI is InChI=1S/C13H14BrNO/c1-9-7-12(10(2)16-9)13(14)8-11-3-5-15-6-4-11/h3-7,13H,8H2,1-2H3. The van der Waals surface area contributed by atoms with E-state index in [1.807, 2.05) is 38.4 Å². The number of hydrogen-bond acceptors (Lipinski definition) is 2. The van der Waals surface area contributed by atoms with Gasteiger partial charge < -0.3 is 4.42 Å². The maximum Gasteiger partial charge on any atom is 0.105 e. The molecule has 0 saturated heterocycles. The van der Waals surface area contributed by atoms with Gasteiger partial charge in [0, 0.05) is 22.8 Å². The fourth-order valence-corrected chi connectivity index (χ4v) is 2.63. The minimum Gasteiger partial charge on any atom is -0.466 e. The number of alkyl halides is 1. The zero-order chi connectivity index (χ0) is 11.5. The average Bonchev–Trinajstić information content (AvgIpc) is 2.59. The molecule has 0 radical (unpaired) electrons. The number of pyridine rings is 1. The van der Waals surface area contributed by atoms with Gasteiger partial charge in [0.1, 0.15) is 11.5 Å². The Morgan fingerprint density at radius 3 is 2.56 bits per heavy atom. The summed E-state index contributed by atoms with van der Waals surface area (Å²) in [5.74, 6) is 1.96. The zero-order valence-corrected chi connectivity index (χ0v) is 11.0. The fraction of sp³-hybridized carbons (Fsp3) is 0.308. The van der Waals surface area contributed by atoms with Gasteiger partial charge >= 0.3 is 0 Å². The van der Waals surface area contributed by atoms with E-state index in [0.717, 1.165) is 17.9 Å². The van der Waals surface area contributed by atoms with Crippen molar-refractivity contribution in [2.75, 3.05) is 0 Å². The third kappa shape index (κ3) is 2.53. The number of aryl methyl sites for hydroxylation is 2. The van der Waals surface area contributed by atoms with E-state index in [1.165, 1.54) is 11.1 Å². The highest BCUT2D eigenvalue weighted by molar-refractivity contribution is 9.09. The van der Waals surface area contributed by atoms with E-state index in [0.29, 0.717) is 4.83 Å². The van der Waals surface area contributed by atoms with Crippen molar-refractivity contribution in [3.63, 3.8) is 0 Å². The van der Waals surface area contributed by atoms with Gasteiger partial charge in [-0.15, -0.1) is 0 Å². The van der Waals surface area contributed by atoms with Crippen molar-refractivity contribution in [2.45, 2.75) is 25.1 Å². The van der Waals surface area contributed by atoms with Crippen LogP contribution in [0.3, 0.4) is 0 Å². The number of halogens is 1. The third-order valence-corrected chi connectivity index (χ3v) is 3.40. The molecule has 16 heavy (non-hydrogen) atoms. The summed E-state index contributed by atoms with van der Waals surface area (Å²) >= 11 is 3.71. The molecule has 0 N–H and O–H groups in total. The summed E-state index contributed by atoms with van der Waals surface area (Å²) < 4.78 is 5.53. The number of aromatic nitrogens is 1. The molecule has 0 aliphatic rings. The quantitative estimate of drug-likeness (QED) is 0.795. The number of hydrogen-bond donors (Lipinski definition) is 0. The van der Waals surface area contributed by atoms with Crippen LogP contribution >= 0.6 is 15.9 Å². The van der Waals surface area contributed by atoms with Crippen LogP contribution < -0.4 is 0 Å². The predicted molar refractivity (Wildman–Crippen MR) is 67.8 cm³/mol. The first-order valence-electron chi connectivity index (χ1n) is 5.26. The van der Waals surface area contributed by atoms with Crippen LogP contribution in [-0.2, 0) is 6.42 Å². The summed E-state index contributed by atoms with van der Waals surface area (Å²) in [4.78, 5) is 4.31. The van der Waals surface area contributed by atoms with Crippen molar-refractivity contribution in [1.82, 2.24) is 4.98 Å². The largest absolute Gasteiger partial charge is 0.466 e. The molecule has 1 unspecified atom stereocenters. The normalized spacial score (nSPS) is 12.7. The highest BCUT2D eigenvalue weighted by Gasteiger charge is 2.14. The second-order valence-corrected chi connectivity index (χ2v) is 5.00. The van der Waals surface area contributed by atoms with Gasteiger partial charge in [0.05, 0.1) is 0 Å². The minimum atomic E-state index is 0.298. The average molecular weight is 280 g/mol. The summed E-state index contributed by atoms with van der Waals surface area (Å²) in [6.45, 7) is 3.98. The van der Waals surface area contributed by atoms with Gasteiger partial charge in [-0.25, -0.2) is 0 Å².